The third kappa shape index (κ3) is 1.81. The monoisotopic (exact) mass is 266 g/mol. The molecular formula is C12H11ClN2OS. The van der Waals surface area contributed by atoms with Crippen molar-refractivity contribution in [3.8, 4) is 0 Å². The number of likely N-dealkylation sites (tertiary alicyclic amines) is 1. The molecule has 3 nitrogen and oxygen atoms in total. The van der Waals surface area contributed by atoms with E-state index in [0.29, 0.717) is 10.9 Å². The van der Waals surface area contributed by atoms with Gasteiger partial charge in [0.2, 0.25) is 0 Å². The fourth-order valence-electron chi connectivity index (χ4n) is 2.03. The van der Waals surface area contributed by atoms with Crippen LogP contribution in [-0.2, 0) is 0 Å². The number of amides is 1. The van der Waals surface area contributed by atoms with Crippen molar-refractivity contribution in [2.24, 2.45) is 5.92 Å². The first-order chi connectivity index (χ1) is 8.15. The van der Waals surface area contributed by atoms with Gasteiger partial charge in [-0.15, -0.1) is 11.3 Å². The number of fused-ring (bicyclic) bond motifs is 1. The van der Waals surface area contributed by atoms with E-state index in [1.54, 1.807) is 12.3 Å². The maximum absolute atomic E-state index is 12.1. The summed E-state index contributed by atoms with van der Waals surface area (Å²) in [5, 5.41) is 0.663. The van der Waals surface area contributed by atoms with Crippen molar-refractivity contribution >= 4 is 39.1 Å². The molecule has 3 heterocycles. The molecule has 0 radical (unpaired) electrons. The summed E-state index contributed by atoms with van der Waals surface area (Å²) >= 11 is 7.50. The predicted molar refractivity (Wildman–Crippen MR) is 69.7 cm³/mol. The van der Waals surface area contributed by atoms with Crippen LogP contribution in [0.15, 0.2) is 18.3 Å². The van der Waals surface area contributed by atoms with Crippen LogP contribution in [0.4, 0.5) is 0 Å². The number of rotatable bonds is 1. The summed E-state index contributed by atoms with van der Waals surface area (Å²) in [4.78, 5) is 18.9. The molecule has 0 aliphatic carbocycles. The first kappa shape index (κ1) is 11.0. The minimum Gasteiger partial charge on any atom is -0.337 e. The molecule has 17 heavy (non-hydrogen) atoms. The van der Waals surface area contributed by atoms with Gasteiger partial charge < -0.3 is 4.90 Å². The second-order valence-electron chi connectivity index (χ2n) is 4.43. The Balaban J connectivity index is 1.96. The van der Waals surface area contributed by atoms with E-state index in [1.807, 2.05) is 11.0 Å². The lowest BCUT2D eigenvalue weighted by atomic mass is 10.0. The molecule has 1 saturated heterocycles. The second-order valence-corrected chi connectivity index (χ2v) is 5.89. The van der Waals surface area contributed by atoms with Gasteiger partial charge >= 0.3 is 0 Å². The van der Waals surface area contributed by atoms with Crippen molar-refractivity contribution in [1.29, 1.82) is 0 Å². The number of aromatic nitrogens is 1. The van der Waals surface area contributed by atoms with Gasteiger partial charge in [0.25, 0.3) is 5.91 Å². The highest BCUT2D eigenvalue weighted by atomic mass is 35.5. The van der Waals surface area contributed by atoms with Gasteiger partial charge in [-0.05, 0) is 18.1 Å². The fourth-order valence-corrected chi connectivity index (χ4v) is 3.29. The van der Waals surface area contributed by atoms with Crippen molar-refractivity contribution in [3.05, 3.63) is 28.2 Å². The van der Waals surface area contributed by atoms with Crippen LogP contribution in [0.25, 0.3) is 10.2 Å². The lowest BCUT2D eigenvalue weighted by Crippen LogP contribution is -2.48. The Morgan fingerprint density at radius 1 is 1.59 bits per heavy atom. The Morgan fingerprint density at radius 3 is 3.00 bits per heavy atom. The minimum absolute atomic E-state index is 0.0992. The first-order valence-electron chi connectivity index (χ1n) is 5.48. The average molecular weight is 267 g/mol. The van der Waals surface area contributed by atoms with Gasteiger partial charge in [0.15, 0.2) is 0 Å². The fraction of sp³-hybridized carbons (Fsp3) is 0.333. The number of thiophene rings is 1. The van der Waals surface area contributed by atoms with Gasteiger partial charge in [0, 0.05) is 19.3 Å². The molecule has 1 fully saturated rings. The summed E-state index contributed by atoms with van der Waals surface area (Å²) in [5.74, 6) is 0.720. The number of hydrogen-bond donors (Lipinski definition) is 0. The molecule has 0 aromatic carbocycles. The van der Waals surface area contributed by atoms with Gasteiger partial charge in [0.05, 0.1) is 20.1 Å². The molecule has 1 amide bonds. The van der Waals surface area contributed by atoms with E-state index < -0.39 is 0 Å². The molecule has 1 aliphatic rings. The van der Waals surface area contributed by atoms with Gasteiger partial charge in [0.1, 0.15) is 0 Å². The molecule has 1 aliphatic heterocycles. The molecule has 3 rings (SSSR count). The van der Waals surface area contributed by atoms with E-state index in [2.05, 4.69) is 11.9 Å². The molecule has 2 aromatic rings. The molecule has 0 atom stereocenters. The zero-order valence-corrected chi connectivity index (χ0v) is 10.9. The van der Waals surface area contributed by atoms with Crippen LogP contribution in [0.3, 0.4) is 0 Å². The Bertz CT molecular complexity index is 589. The highest BCUT2D eigenvalue weighted by Gasteiger charge is 2.29. The van der Waals surface area contributed by atoms with E-state index in [0.717, 1.165) is 28.2 Å². The van der Waals surface area contributed by atoms with Crippen LogP contribution >= 0.6 is 22.9 Å². The zero-order valence-electron chi connectivity index (χ0n) is 9.31. The maximum atomic E-state index is 12.1. The van der Waals surface area contributed by atoms with Crippen molar-refractivity contribution in [3.63, 3.8) is 0 Å². The molecule has 5 heteroatoms. The molecule has 88 valence electrons. The third-order valence-electron chi connectivity index (χ3n) is 2.93. The van der Waals surface area contributed by atoms with Crippen LogP contribution in [-0.4, -0.2) is 28.9 Å². The minimum atomic E-state index is 0.0992. The highest BCUT2D eigenvalue weighted by Crippen LogP contribution is 2.31. The molecular weight excluding hydrogens is 256 g/mol. The molecule has 0 saturated carbocycles. The van der Waals surface area contributed by atoms with E-state index in [4.69, 9.17) is 11.6 Å². The van der Waals surface area contributed by atoms with E-state index in [9.17, 15) is 4.79 Å². The van der Waals surface area contributed by atoms with Crippen molar-refractivity contribution in [1.82, 2.24) is 9.88 Å². The number of hydrogen-bond acceptors (Lipinski definition) is 3. The Morgan fingerprint density at radius 2 is 2.35 bits per heavy atom. The summed E-state index contributed by atoms with van der Waals surface area (Å²) in [6, 6.07) is 3.58. The van der Waals surface area contributed by atoms with Crippen LogP contribution in [0.5, 0.6) is 0 Å². The van der Waals surface area contributed by atoms with Gasteiger partial charge in [-0.1, -0.05) is 18.5 Å². The summed E-state index contributed by atoms with van der Waals surface area (Å²) in [6.07, 6.45) is 1.66. The number of halogens is 1. The number of carbonyl (C=O) groups is 1. The number of carbonyl (C=O) groups excluding carboxylic acids is 1. The molecule has 0 bridgehead atoms. The lowest BCUT2D eigenvalue weighted by molar-refractivity contribution is 0.0535. The summed E-state index contributed by atoms with van der Waals surface area (Å²) in [7, 11) is 0. The number of nitrogens with zero attached hydrogens (tertiary/aromatic N) is 2. The average Bonchev–Trinajstić information content (AvgIpc) is 2.69. The Hall–Kier alpha value is -1.13. The van der Waals surface area contributed by atoms with Crippen LogP contribution in [0, 0.1) is 5.92 Å². The summed E-state index contributed by atoms with van der Waals surface area (Å²) in [5.41, 5.74) is 0.805. The first-order valence-corrected chi connectivity index (χ1v) is 6.68. The molecule has 2 aromatic heterocycles. The van der Waals surface area contributed by atoms with Gasteiger partial charge in [-0.3, -0.25) is 9.78 Å². The summed E-state index contributed by atoms with van der Waals surface area (Å²) in [6.45, 7) is 3.86. The zero-order chi connectivity index (χ0) is 12.0. The smallest absolute Gasteiger partial charge is 0.264 e. The Kier molecular flexibility index (Phi) is 2.56. The topological polar surface area (TPSA) is 33.2 Å². The lowest BCUT2D eigenvalue weighted by Gasteiger charge is -2.36. The molecule has 0 unspecified atom stereocenters. The standard InChI is InChI=1S/C12H11ClN2OS/c1-7-5-15(6-7)12(16)10-4-9-11(17-10)8(13)2-3-14-9/h2-4,7H,5-6H2,1H3. The van der Waals surface area contributed by atoms with E-state index in [-0.39, 0.29) is 5.91 Å². The second kappa shape index (κ2) is 3.96. The van der Waals surface area contributed by atoms with Crippen molar-refractivity contribution < 1.29 is 4.79 Å². The van der Waals surface area contributed by atoms with Gasteiger partial charge in [-0.2, -0.15) is 0 Å². The highest BCUT2D eigenvalue weighted by molar-refractivity contribution is 7.21. The summed E-state index contributed by atoms with van der Waals surface area (Å²) < 4.78 is 0.895. The SMILES string of the molecule is CC1CN(C(=O)c2cc3nccc(Cl)c3s2)C1. The van der Waals surface area contributed by atoms with E-state index in [1.165, 1.54) is 11.3 Å². The third-order valence-corrected chi connectivity index (χ3v) is 4.50. The van der Waals surface area contributed by atoms with Crippen LogP contribution in [0.2, 0.25) is 5.02 Å². The Labute approximate surface area is 108 Å². The quantitative estimate of drug-likeness (QED) is 0.795. The molecule has 0 N–H and O–H groups in total. The maximum Gasteiger partial charge on any atom is 0.264 e. The van der Waals surface area contributed by atoms with Crippen LogP contribution < -0.4 is 0 Å². The van der Waals surface area contributed by atoms with Gasteiger partial charge in [-0.25, -0.2) is 0 Å². The largest absolute Gasteiger partial charge is 0.337 e. The van der Waals surface area contributed by atoms with Crippen molar-refractivity contribution in [2.75, 3.05) is 13.1 Å². The molecule has 0 spiro atoms. The van der Waals surface area contributed by atoms with Crippen LogP contribution in [0.1, 0.15) is 16.6 Å². The predicted octanol–water partition coefficient (Wildman–Crippen LogP) is 3.04. The van der Waals surface area contributed by atoms with Crippen molar-refractivity contribution in [2.45, 2.75) is 6.92 Å². The normalized spacial score (nSPS) is 16.2. The van der Waals surface area contributed by atoms with E-state index >= 15 is 0 Å². The number of pyridine rings is 1.